The lowest BCUT2D eigenvalue weighted by molar-refractivity contribution is -0.119. The maximum Gasteiger partial charge on any atom is 0.227 e. The van der Waals surface area contributed by atoms with E-state index in [1.165, 1.54) is 0 Å². The second-order valence-corrected chi connectivity index (χ2v) is 5.68. The first-order valence-electron chi connectivity index (χ1n) is 7.11. The molecule has 0 radical (unpaired) electrons. The van der Waals surface area contributed by atoms with E-state index in [0.717, 1.165) is 42.6 Å². The number of rotatable bonds is 2. The summed E-state index contributed by atoms with van der Waals surface area (Å²) in [7, 11) is 0. The van der Waals surface area contributed by atoms with Gasteiger partial charge >= 0.3 is 0 Å². The monoisotopic (exact) mass is 309 g/mol. The van der Waals surface area contributed by atoms with Crippen molar-refractivity contribution in [3.63, 3.8) is 0 Å². The van der Waals surface area contributed by atoms with Gasteiger partial charge in [-0.3, -0.25) is 9.59 Å². The number of hydrogen-bond donors (Lipinski definition) is 3. The predicted octanol–water partition coefficient (Wildman–Crippen LogP) is 2.06. The van der Waals surface area contributed by atoms with Crippen molar-refractivity contribution in [1.82, 2.24) is 0 Å². The molecule has 2 amide bonds. The van der Waals surface area contributed by atoms with Crippen molar-refractivity contribution in [2.24, 2.45) is 11.7 Å². The summed E-state index contributed by atoms with van der Waals surface area (Å²) in [6, 6.07) is 5.83. The third-order valence-corrected chi connectivity index (χ3v) is 4.12. The summed E-state index contributed by atoms with van der Waals surface area (Å²) in [4.78, 5) is 23.5. The highest BCUT2D eigenvalue weighted by molar-refractivity contribution is 5.97. The molecule has 0 bridgehead atoms. The zero-order valence-corrected chi connectivity index (χ0v) is 12.5. The van der Waals surface area contributed by atoms with E-state index >= 15 is 0 Å². The molecule has 0 aromatic heterocycles. The standard InChI is InChI=1S/C15H19N3O2.ClH/c16-11-4-1-10(7-11)15(20)17-12-5-2-9-3-6-14(19)18-13(9)8-12;/h2,5,8,10-11H,1,3-4,6-7,16H2,(H,17,20)(H,18,19);1H. The van der Waals surface area contributed by atoms with Gasteiger partial charge in [0.05, 0.1) is 0 Å². The molecule has 1 aromatic carbocycles. The number of anilines is 2. The van der Waals surface area contributed by atoms with E-state index in [1.54, 1.807) is 0 Å². The summed E-state index contributed by atoms with van der Waals surface area (Å²) in [5.41, 5.74) is 8.49. The largest absolute Gasteiger partial charge is 0.328 e. The number of halogens is 1. The number of carbonyl (C=O) groups is 2. The van der Waals surface area contributed by atoms with E-state index in [1.807, 2.05) is 18.2 Å². The molecule has 1 aliphatic carbocycles. The topological polar surface area (TPSA) is 84.2 Å². The van der Waals surface area contributed by atoms with Crippen LogP contribution in [0.3, 0.4) is 0 Å². The van der Waals surface area contributed by atoms with Gasteiger partial charge in [0.2, 0.25) is 11.8 Å². The van der Waals surface area contributed by atoms with Crippen LogP contribution >= 0.6 is 12.4 Å². The number of fused-ring (bicyclic) bond motifs is 1. The summed E-state index contributed by atoms with van der Waals surface area (Å²) < 4.78 is 0. The van der Waals surface area contributed by atoms with Gasteiger partial charge in [-0.05, 0) is 43.4 Å². The van der Waals surface area contributed by atoms with Crippen LogP contribution in [0.1, 0.15) is 31.2 Å². The minimum atomic E-state index is 0. The average molecular weight is 310 g/mol. The molecule has 5 nitrogen and oxygen atoms in total. The minimum Gasteiger partial charge on any atom is -0.328 e. The van der Waals surface area contributed by atoms with E-state index in [4.69, 9.17) is 5.73 Å². The van der Waals surface area contributed by atoms with Crippen LogP contribution in [0, 0.1) is 5.92 Å². The maximum atomic E-state index is 12.1. The van der Waals surface area contributed by atoms with Gasteiger partial charge in [0.15, 0.2) is 0 Å². The van der Waals surface area contributed by atoms with E-state index in [2.05, 4.69) is 10.6 Å². The maximum absolute atomic E-state index is 12.1. The molecule has 3 rings (SSSR count). The SMILES string of the molecule is Cl.NC1CCC(C(=O)Nc2ccc3c(c2)NC(=O)CC3)C1. The van der Waals surface area contributed by atoms with Crippen molar-refractivity contribution in [1.29, 1.82) is 0 Å². The number of carbonyl (C=O) groups excluding carboxylic acids is 2. The Bertz CT molecular complexity index is 562. The van der Waals surface area contributed by atoms with Gasteiger partial charge < -0.3 is 16.4 Å². The van der Waals surface area contributed by atoms with E-state index < -0.39 is 0 Å². The van der Waals surface area contributed by atoms with Crippen LogP contribution in [0.2, 0.25) is 0 Å². The van der Waals surface area contributed by atoms with Crippen LogP contribution in [-0.2, 0) is 16.0 Å². The highest BCUT2D eigenvalue weighted by atomic mass is 35.5. The lowest BCUT2D eigenvalue weighted by Gasteiger charge is -2.18. The predicted molar refractivity (Wildman–Crippen MR) is 84.6 cm³/mol. The molecular formula is C15H20ClN3O2. The Kier molecular flexibility index (Phi) is 4.85. The average Bonchev–Trinajstić information content (AvgIpc) is 2.85. The van der Waals surface area contributed by atoms with Gasteiger partial charge in [0.1, 0.15) is 0 Å². The molecule has 2 atom stereocenters. The fraction of sp³-hybridized carbons (Fsp3) is 0.467. The summed E-state index contributed by atoms with van der Waals surface area (Å²) in [5.74, 6) is 0.0680. The van der Waals surface area contributed by atoms with Gasteiger partial charge in [-0.15, -0.1) is 12.4 Å². The van der Waals surface area contributed by atoms with Crippen LogP contribution in [0.15, 0.2) is 18.2 Å². The highest BCUT2D eigenvalue weighted by Gasteiger charge is 2.27. The molecule has 1 saturated carbocycles. The second-order valence-electron chi connectivity index (χ2n) is 5.68. The molecule has 6 heteroatoms. The molecule has 2 unspecified atom stereocenters. The van der Waals surface area contributed by atoms with Gasteiger partial charge in [-0.25, -0.2) is 0 Å². The molecule has 21 heavy (non-hydrogen) atoms. The van der Waals surface area contributed by atoms with Crippen molar-refractivity contribution in [2.45, 2.75) is 38.1 Å². The van der Waals surface area contributed by atoms with E-state index in [9.17, 15) is 9.59 Å². The van der Waals surface area contributed by atoms with Gasteiger partial charge in [-0.2, -0.15) is 0 Å². The summed E-state index contributed by atoms with van der Waals surface area (Å²) >= 11 is 0. The number of aryl methyl sites for hydroxylation is 1. The molecule has 114 valence electrons. The lowest BCUT2D eigenvalue weighted by atomic mass is 10.0. The highest BCUT2D eigenvalue weighted by Crippen LogP contribution is 2.28. The molecule has 4 N–H and O–H groups in total. The van der Waals surface area contributed by atoms with Gasteiger partial charge in [0, 0.05) is 29.8 Å². The van der Waals surface area contributed by atoms with Crippen LogP contribution in [0.5, 0.6) is 0 Å². The molecule has 1 heterocycles. The molecule has 1 aliphatic heterocycles. The Morgan fingerprint density at radius 1 is 1.29 bits per heavy atom. The second kappa shape index (κ2) is 6.45. The van der Waals surface area contributed by atoms with E-state index in [0.29, 0.717) is 6.42 Å². The first kappa shape index (κ1) is 15.8. The lowest BCUT2D eigenvalue weighted by Crippen LogP contribution is -2.23. The first-order chi connectivity index (χ1) is 9.61. The third kappa shape index (κ3) is 3.54. The zero-order valence-electron chi connectivity index (χ0n) is 11.7. The normalized spacial score (nSPS) is 23.8. The third-order valence-electron chi connectivity index (χ3n) is 4.12. The minimum absolute atomic E-state index is 0. The number of hydrogen-bond acceptors (Lipinski definition) is 3. The molecule has 1 aromatic rings. The van der Waals surface area contributed by atoms with E-state index in [-0.39, 0.29) is 36.2 Å². The molecular weight excluding hydrogens is 290 g/mol. The van der Waals surface area contributed by atoms with Crippen molar-refractivity contribution >= 4 is 35.6 Å². The molecule has 1 fully saturated rings. The van der Waals surface area contributed by atoms with Crippen LogP contribution in [0.4, 0.5) is 11.4 Å². The molecule has 0 saturated heterocycles. The van der Waals surface area contributed by atoms with Crippen LogP contribution in [0.25, 0.3) is 0 Å². The molecule has 0 spiro atoms. The van der Waals surface area contributed by atoms with Crippen molar-refractivity contribution in [2.75, 3.05) is 10.6 Å². The Hall–Kier alpha value is -1.59. The van der Waals surface area contributed by atoms with Crippen LogP contribution in [-0.4, -0.2) is 17.9 Å². The number of nitrogens with one attached hydrogen (secondary N) is 2. The quantitative estimate of drug-likeness (QED) is 0.782. The Morgan fingerprint density at radius 3 is 2.81 bits per heavy atom. The smallest absolute Gasteiger partial charge is 0.227 e. The van der Waals surface area contributed by atoms with Crippen molar-refractivity contribution in [3.8, 4) is 0 Å². The Morgan fingerprint density at radius 2 is 2.10 bits per heavy atom. The van der Waals surface area contributed by atoms with Crippen molar-refractivity contribution in [3.05, 3.63) is 23.8 Å². The number of nitrogens with two attached hydrogens (primary N) is 1. The van der Waals surface area contributed by atoms with Crippen molar-refractivity contribution < 1.29 is 9.59 Å². The number of amides is 2. The Balaban J connectivity index is 0.00000161. The summed E-state index contributed by atoms with van der Waals surface area (Å²) in [6.07, 6.45) is 3.81. The number of benzene rings is 1. The fourth-order valence-electron chi connectivity index (χ4n) is 2.95. The zero-order chi connectivity index (χ0) is 14.1. The van der Waals surface area contributed by atoms with Gasteiger partial charge in [-0.1, -0.05) is 6.07 Å². The Labute approximate surface area is 130 Å². The summed E-state index contributed by atoms with van der Waals surface area (Å²) in [5, 5.41) is 5.76. The molecule has 2 aliphatic rings. The van der Waals surface area contributed by atoms with Crippen LogP contribution < -0.4 is 16.4 Å². The first-order valence-corrected chi connectivity index (χ1v) is 7.11. The fourth-order valence-corrected chi connectivity index (χ4v) is 2.95. The summed E-state index contributed by atoms with van der Waals surface area (Å²) in [6.45, 7) is 0. The van der Waals surface area contributed by atoms with Gasteiger partial charge in [0.25, 0.3) is 0 Å².